The number of amides is 1. The molecule has 0 saturated carbocycles. The quantitative estimate of drug-likeness (QED) is 0.347. The summed E-state index contributed by atoms with van der Waals surface area (Å²) >= 11 is 8.02. The number of carbonyl (C=O) groups is 1. The number of nitrogens with zero attached hydrogens (tertiary/aromatic N) is 4. The maximum absolute atomic E-state index is 12.3. The summed E-state index contributed by atoms with van der Waals surface area (Å²) in [4.78, 5) is 20.8. The number of hydrogen-bond donors (Lipinski definition) is 1. The third-order valence-electron chi connectivity index (χ3n) is 5.22. The van der Waals surface area contributed by atoms with Gasteiger partial charge >= 0.3 is 6.09 Å². The molecule has 0 spiro atoms. The molecule has 0 atom stereocenters. The van der Waals surface area contributed by atoms with Gasteiger partial charge in [-0.3, -0.25) is 5.43 Å². The lowest BCUT2D eigenvalue weighted by Crippen LogP contribution is -2.50. The first-order chi connectivity index (χ1) is 16.3. The van der Waals surface area contributed by atoms with E-state index in [2.05, 4.69) is 20.4 Å². The lowest BCUT2D eigenvalue weighted by molar-refractivity contribution is 0.0240. The minimum atomic E-state index is -0.488. The largest absolute Gasteiger partial charge is 0.444 e. The Bertz CT molecular complexity index is 1150. The smallest absolute Gasteiger partial charge is 0.410 e. The minimum absolute atomic E-state index is 0.264. The molecule has 4 rings (SSSR count). The van der Waals surface area contributed by atoms with Crippen LogP contribution < -0.4 is 10.3 Å². The first-order valence-corrected chi connectivity index (χ1v) is 12.4. The summed E-state index contributed by atoms with van der Waals surface area (Å²) in [5.41, 5.74) is 6.31. The highest BCUT2D eigenvalue weighted by Gasteiger charge is 2.26. The van der Waals surface area contributed by atoms with E-state index >= 15 is 0 Å². The fourth-order valence-electron chi connectivity index (χ4n) is 3.51. The van der Waals surface area contributed by atoms with Crippen LogP contribution in [0.5, 0.6) is 0 Å². The fraction of sp³-hybridized carbons (Fsp3) is 0.320. The Kier molecular flexibility index (Phi) is 7.38. The van der Waals surface area contributed by atoms with Gasteiger partial charge < -0.3 is 14.5 Å². The monoisotopic (exact) mass is 497 g/mol. The lowest BCUT2D eigenvalue weighted by atomic mass is 10.2. The summed E-state index contributed by atoms with van der Waals surface area (Å²) < 4.78 is 5.47. The molecule has 0 radical (unpaired) electrons. The van der Waals surface area contributed by atoms with Crippen LogP contribution >= 0.6 is 22.9 Å². The molecule has 1 aliphatic heterocycles. The van der Waals surface area contributed by atoms with E-state index in [0.717, 1.165) is 35.6 Å². The van der Waals surface area contributed by atoms with Crippen LogP contribution in [0.25, 0.3) is 11.3 Å². The van der Waals surface area contributed by atoms with Gasteiger partial charge in [-0.05, 0) is 39.0 Å². The number of piperazine rings is 1. The number of nitrogens with one attached hydrogen (secondary N) is 1. The first kappa shape index (κ1) is 24.0. The molecular formula is C25H28ClN5O2S. The van der Waals surface area contributed by atoms with Crippen LogP contribution in [0.2, 0.25) is 5.02 Å². The first-order valence-electron chi connectivity index (χ1n) is 11.1. The maximum Gasteiger partial charge on any atom is 0.410 e. The van der Waals surface area contributed by atoms with E-state index in [1.165, 1.54) is 11.3 Å². The van der Waals surface area contributed by atoms with Crippen molar-refractivity contribution in [1.29, 1.82) is 0 Å². The zero-order chi connectivity index (χ0) is 24.1. The molecule has 34 heavy (non-hydrogen) atoms. The lowest BCUT2D eigenvalue weighted by Gasteiger charge is -2.36. The Morgan fingerprint density at radius 1 is 1.15 bits per heavy atom. The van der Waals surface area contributed by atoms with E-state index < -0.39 is 5.60 Å². The Balaban J connectivity index is 1.32. The maximum atomic E-state index is 12.3. The van der Waals surface area contributed by atoms with E-state index in [1.807, 2.05) is 74.7 Å². The summed E-state index contributed by atoms with van der Waals surface area (Å²) in [7, 11) is 0. The van der Waals surface area contributed by atoms with E-state index in [1.54, 1.807) is 11.1 Å². The van der Waals surface area contributed by atoms with Gasteiger partial charge in [-0.1, -0.05) is 41.9 Å². The number of aromatic nitrogens is 1. The van der Waals surface area contributed by atoms with Crippen molar-refractivity contribution in [2.75, 3.05) is 36.5 Å². The van der Waals surface area contributed by atoms with Crippen LogP contribution in [0, 0.1) is 0 Å². The number of hydrogen-bond acceptors (Lipinski definition) is 7. The van der Waals surface area contributed by atoms with E-state index in [9.17, 15) is 4.79 Å². The van der Waals surface area contributed by atoms with Gasteiger partial charge in [0.1, 0.15) is 5.60 Å². The molecule has 1 saturated heterocycles. The van der Waals surface area contributed by atoms with Crippen molar-refractivity contribution in [2.45, 2.75) is 26.4 Å². The summed E-state index contributed by atoms with van der Waals surface area (Å²) in [5, 5.41) is 7.62. The topological polar surface area (TPSA) is 70.1 Å². The van der Waals surface area contributed by atoms with Crippen molar-refractivity contribution < 1.29 is 9.53 Å². The second-order valence-corrected chi connectivity index (χ2v) is 10.2. The molecule has 0 aliphatic carbocycles. The number of rotatable bonds is 5. The molecule has 9 heteroatoms. The molecule has 0 bridgehead atoms. The fourth-order valence-corrected chi connectivity index (χ4v) is 4.41. The number of ether oxygens (including phenoxy) is 1. The predicted octanol–water partition coefficient (Wildman–Crippen LogP) is 5.97. The van der Waals surface area contributed by atoms with Crippen LogP contribution in [-0.2, 0) is 4.74 Å². The molecular weight excluding hydrogens is 470 g/mol. The van der Waals surface area contributed by atoms with Crippen LogP contribution in [0.1, 0.15) is 26.3 Å². The molecule has 7 nitrogen and oxygen atoms in total. The number of thiazole rings is 1. The number of benzene rings is 2. The minimum Gasteiger partial charge on any atom is -0.444 e. The normalized spacial score (nSPS) is 14.5. The molecule has 2 heterocycles. The highest BCUT2D eigenvalue weighted by molar-refractivity contribution is 7.14. The van der Waals surface area contributed by atoms with Gasteiger partial charge in [-0.25, -0.2) is 9.78 Å². The van der Waals surface area contributed by atoms with Crippen molar-refractivity contribution in [3.8, 4) is 11.3 Å². The molecule has 3 aromatic rings. The van der Waals surface area contributed by atoms with Crippen molar-refractivity contribution in [3.05, 3.63) is 64.5 Å². The second-order valence-electron chi connectivity index (χ2n) is 8.93. The Labute approximate surface area is 209 Å². The number of carbonyl (C=O) groups excluding carboxylic acids is 1. The molecule has 1 N–H and O–H groups in total. The summed E-state index contributed by atoms with van der Waals surface area (Å²) in [6.45, 7) is 8.29. The molecule has 0 unspecified atom stereocenters. The average Bonchev–Trinajstić information content (AvgIpc) is 3.29. The Morgan fingerprint density at radius 3 is 2.56 bits per heavy atom. The molecule has 1 fully saturated rings. The summed E-state index contributed by atoms with van der Waals surface area (Å²) in [6.07, 6.45) is 1.43. The summed E-state index contributed by atoms with van der Waals surface area (Å²) in [6, 6.07) is 15.9. The second kappa shape index (κ2) is 10.4. The van der Waals surface area contributed by atoms with Crippen LogP contribution in [0.15, 0.2) is 59.0 Å². The highest BCUT2D eigenvalue weighted by Crippen LogP contribution is 2.26. The zero-order valence-corrected chi connectivity index (χ0v) is 21.1. The van der Waals surface area contributed by atoms with Crippen LogP contribution in [0.3, 0.4) is 0 Å². The van der Waals surface area contributed by atoms with Crippen LogP contribution in [0.4, 0.5) is 15.6 Å². The third-order valence-corrected chi connectivity index (χ3v) is 6.29. The van der Waals surface area contributed by atoms with Crippen molar-refractivity contribution in [1.82, 2.24) is 9.88 Å². The number of hydrazone groups is 1. The zero-order valence-electron chi connectivity index (χ0n) is 19.5. The van der Waals surface area contributed by atoms with E-state index in [-0.39, 0.29) is 6.09 Å². The van der Waals surface area contributed by atoms with Crippen molar-refractivity contribution in [2.24, 2.45) is 5.10 Å². The molecule has 1 amide bonds. The average molecular weight is 498 g/mol. The number of anilines is 2. The van der Waals surface area contributed by atoms with Gasteiger partial charge in [0, 0.05) is 48.4 Å². The summed E-state index contributed by atoms with van der Waals surface area (Å²) in [5.74, 6) is 0. The standard InChI is InChI=1S/C25H28ClN5O2S/c1-25(2,3)33-24(32)31-13-11-30(12-14-31)20-10-9-19(21(26)15-20)16-27-29-23-28-22(17-34-23)18-7-5-4-6-8-18/h4-10,15-17H,11-14H2,1-3H3,(H,28,29). The van der Waals surface area contributed by atoms with Crippen LogP contribution in [-0.4, -0.2) is 54.0 Å². The predicted molar refractivity (Wildman–Crippen MR) is 140 cm³/mol. The van der Waals surface area contributed by atoms with Gasteiger partial charge in [-0.15, -0.1) is 11.3 Å². The van der Waals surface area contributed by atoms with Crippen molar-refractivity contribution >= 4 is 46.1 Å². The highest BCUT2D eigenvalue weighted by atomic mass is 35.5. The van der Waals surface area contributed by atoms with Gasteiger partial charge in [0.15, 0.2) is 0 Å². The van der Waals surface area contributed by atoms with Gasteiger partial charge in [-0.2, -0.15) is 5.10 Å². The molecule has 1 aromatic heterocycles. The van der Waals surface area contributed by atoms with Gasteiger partial charge in [0.25, 0.3) is 0 Å². The SMILES string of the molecule is CC(C)(C)OC(=O)N1CCN(c2ccc(C=NNc3nc(-c4ccccc4)cs3)c(Cl)c2)CC1. The van der Waals surface area contributed by atoms with E-state index in [4.69, 9.17) is 16.3 Å². The Morgan fingerprint density at radius 2 is 1.88 bits per heavy atom. The van der Waals surface area contributed by atoms with Gasteiger partial charge in [0.2, 0.25) is 5.13 Å². The van der Waals surface area contributed by atoms with Gasteiger partial charge in [0.05, 0.1) is 16.9 Å². The number of halogens is 1. The third kappa shape index (κ3) is 6.27. The van der Waals surface area contributed by atoms with E-state index in [0.29, 0.717) is 23.2 Å². The van der Waals surface area contributed by atoms with Crippen molar-refractivity contribution in [3.63, 3.8) is 0 Å². The molecule has 178 valence electrons. The Hall–Kier alpha value is -3.10. The molecule has 1 aliphatic rings. The molecule has 2 aromatic carbocycles.